The Labute approximate surface area is 208 Å². The van der Waals surface area contributed by atoms with Gasteiger partial charge in [-0.15, -0.1) is 24.0 Å². The van der Waals surface area contributed by atoms with Gasteiger partial charge in [0.2, 0.25) is 5.75 Å². The Hall–Kier alpha value is -2.20. The van der Waals surface area contributed by atoms with Gasteiger partial charge in [0.1, 0.15) is 0 Å². The first-order chi connectivity index (χ1) is 15.1. The van der Waals surface area contributed by atoms with Gasteiger partial charge in [-0.3, -0.25) is 0 Å². The maximum Gasteiger partial charge on any atom is 0.203 e. The van der Waals surface area contributed by atoms with Gasteiger partial charge in [-0.25, -0.2) is 4.99 Å². The Morgan fingerprint density at radius 2 is 1.66 bits per heavy atom. The minimum atomic E-state index is 0. The number of hydrogen-bond donors (Lipinski definition) is 2. The van der Waals surface area contributed by atoms with Crippen molar-refractivity contribution in [2.24, 2.45) is 4.99 Å². The third-order valence-electron chi connectivity index (χ3n) is 4.79. The standard InChI is InChI=1S/C24H35N3O4.HI/c1-6-25-24(26-15-10-16-31-18(2)19-11-8-7-9-12-19)27-17-20-13-14-21(28-3)23(30-5)22(20)29-4;/h7-9,11-14,18H,6,10,15-17H2,1-5H3,(H2,25,26,27);1H. The number of methoxy groups -OCH3 is 3. The van der Waals surface area contributed by atoms with Gasteiger partial charge in [0.05, 0.1) is 34.0 Å². The first-order valence-electron chi connectivity index (χ1n) is 10.6. The lowest BCUT2D eigenvalue weighted by Gasteiger charge is -2.16. The Bertz CT molecular complexity index is 818. The van der Waals surface area contributed by atoms with Crippen LogP contribution in [0.25, 0.3) is 0 Å². The van der Waals surface area contributed by atoms with E-state index in [4.69, 9.17) is 18.9 Å². The van der Waals surface area contributed by atoms with Crippen molar-refractivity contribution in [3.8, 4) is 17.2 Å². The summed E-state index contributed by atoms with van der Waals surface area (Å²) in [4.78, 5) is 4.68. The number of nitrogens with zero attached hydrogens (tertiary/aromatic N) is 1. The minimum Gasteiger partial charge on any atom is -0.493 e. The van der Waals surface area contributed by atoms with Crippen molar-refractivity contribution >= 4 is 29.9 Å². The number of guanidine groups is 1. The SMILES string of the molecule is CCNC(=NCc1ccc(OC)c(OC)c1OC)NCCCOC(C)c1ccccc1.I. The fourth-order valence-corrected chi connectivity index (χ4v) is 3.15. The molecule has 0 aromatic heterocycles. The van der Waals surface area contributed by atoms with Crippen molar-refractivity contribution in [3.63, 3.8) is 0 Å². The van der Waals surface area contributed by atoms with Crippen molar-refractivity contribution in [1.29, 1.82) is 0 Å². The van der Waals surface area contributed by atoms with Crippen molar-refractivity contribution in [2.45, 2.75) is 32.9 Å². The summed E-state index contributed by atoms with van der Waals surface area (Å²) in [6.07, 6.45) is 0.960. The summed E-state index contributed by atoms with van der Waals surface area (Å²) in [5, 5.41) is 6.62. The van der Waals surface area contributed by atoms with Crippen LogP contribution in [0.2, 0.25) is 0 Å². The van der Waals surface area contributed by atoms with Gasteiger partial charge in [0, 0.05) is 25.3 Å². The molecule has 2 rings (SSSR count). The van der Waals surface area contributed by atoms with E-state index in [9.17, 15) is 0 Å². The summed E-state index contributed by atoms with van der Waals surface area (Å²) in [7, 11) is 4.82. The highest BCUT2D eigenvalue weighted by molar-refractivity contribution is 14.0. The van der Waals surface area contributed by atoms with E-state index in [1.165, 1.54) is 5.56 Å². The predicted octanol–water partition coefficient (Wildman–Crippen LogP) is 4.55. The second kappa shape index (κ2) is 15.6. The molecule has 0 amide bonds. The van der Waals surface area contributed by atoms with Crippen LogP contribution in [0.3, 0.4) is 0 Å². The van der Waals surface area contributed by atoms with Gasteiger partial charge in [0.15, 0.2) is 17.5 Å². The van der Waals surface area contributed by atoms with Crippen LogP contribution >= 0.6 is 24.0 Å². The zero-order valence-corrected chi connectivity index (χ0v) is 22.0. The first-order valence-corrected chi connectivity index (χ1v) is 10.6. The van der Waals surface area contributed by atoms with Crippen molar-refractivity contribution in [3.05, 3.63) is 53.6 Å². The van der Waals surface area contributed by atoms with Crippen LogP contribution in [0.1, 0.15) is 37.5 Å². The molecule has 7 nitrogen and oxygen atoms in total. The van der Waals surface area contributed by atoms with Gasteiger partial charge in [-0.1, -0.05) is 30.3 Å². The van der Waals surface area contributed by atoms with Crippen LogP contribution in [0, 0.1) is 0 Å². The van der Waals surface area contributed by atoms with Crippen LogP contribution in [0.5, 0.6) is 17.2 Å². The number of nitrogens with one attached hydrogen (secondary N) is 2. The lowest BCUT2D eigenvalue weighted by atomic mass is 10.1. The smallest absolute Gasteiger partial charge is 0.203 e. The fraction of sp³-hybridized carbons (Fsp3) is 0.458. The average Bonchev–Trinajstić information content (AvgIpc) is 2.81. The van der Waals surface area contributed by atoms with Crippen molar-refractivity contribution in [2.75, 3.05) is 41.0 Å². The molecule has 0 bridgehead atoms. The quantitative estimate of drug-likeness (QED) is 0.173. The molecule has 0 fully saturated rings. The molecule has 1 atom stereocenters. The van der Waals surface area contributed by atoms with Gasteiger partial charge < -0.3 is 29.6 Å². The third kappa shape index (κ3) is 8.38. The number of benzene rings is 2. The van der Waals surface area contributed by atoms with Crippen molar-refractivity contribution in [1.82, 2.24) is 10.6 Å². The molecule has 178 valence electrons. The van der Waals surface area contributed by atoms with E-state index >= 15 is 0 Å². The van der Waals surface area contributed by atoms with Crippen LogP contribution in [-0.4, -0.2) is 47.0 Å². The lowest BCUT2D eigenvalue weighted by molar-refractivity contribution is 0.0646. The highest BCUT2D eigenvalue weighted by Gasteiger charge is 2.15. The molecular formula is C24H36IN3O4. The largest absolute Gasteiger partial charge is 0.493 e. The van der Waals surface area contributed by atoms with E-state index in [1.54, 1.807) is 21.3 Å². The Morgan fingerprint density at radius 3 is 2.28 bits per heavy atom. The normalized spacial score (nSPS) is 11.8. The third-order valence-corrected chi connectivity index (χ3v) is 4.79. The summed E-state index contributed by atoms with van der Waals surface area (Å²) in [6.45, 7) is 6.77. The summed E-state index contributed by atoms with van der Waals surface area (Å²) in [5.41, 5.74) is 2.10. The average molecular weight is 557 g/mol. The van der Waals surface area contributed by atoms with E-state index < -0.39 is 0 Å². The molecule has 2 aromatic carbocycles. The Kier molecular flexibility index (Phi) is 13.5. The molecule has 32 heavy (non-hydrogen) atoms. The minimum absolute atomic E-state index is 0. The molecule has 0 heterocycles. The van der Waals surface area contributed by atoms with E-state index in [2.05, 4.69) is 34.7 Å². The van der Waals surface area contributed by atoms with Crippen LogP contribution < -0.4 is 24.8 Å². The Balaban J connectivity index is 0.00000512. The van der Waals surface area contributed by atoms with Gasteiger partial charge in [0.25, 0.3) is 0 Å². The van der Waals surface area contributed by atoms with E-state index in [-0.39, 0.29) is 30.1 Å². The molecule has 1 unspecified atom stereocenters. The van der Waals surface area contributed by atoms with E-state index in [0.29, 0.717) is 30.4 Å². The monoisotopic (exact) mass is 557 g/mol. The highest BCUT2D eigenvalue weighted by atomic mass is 127. The van der Waals surface area contributed by atoms with E-state index in [0.717, 1.165) is 31.0 Å². The number of ether oxygens (including phenoxy) is 4. The molecule has 0 saturated carbocycles. The van der Waals surface area contributed by atoms with E-state index in [1.807, 2.05) is 37.3 Å². The molecule has 0 aliphatic carbocycles. The molecule has 0 radical (unpaired) electrons. The number of halogens is 1. The maximum absolute atomic E-state index is 5.93. The molecule has 0 saturated heterocycles. The van der Waals surface area contributed by atoms with Gasteiger partial charge in [-0.05, 0) is 38.0 Å². The molecule has 2 aromatic rings. The number of rotatable bonds is 12. The van der Waals surface area contributed by atoms with Crippen LogP contribution in [-0.2, 0) is 11.3 Å². The fourth-order valence-electron chi connectivity index (χ4n) is 3.15. The van der Waals surface area contributed by atoms with Gasteiger partial charge in [-0.2, -0.15) is 0 Å². The van der Waals surface area contributed by atoms with Crippen LogP contribution in [0.15, 0.2) is 47.5 Å². The van der Waals surface area contributed by atoms with Crippen LogP contribution in [0.4, 0.5) is 0 Å². The molecule has 0 aliphatic rings. The topological polar surface area (TPSA) is 73.3 Å². The number of hydrogen-bond acceptors (Lipinski definition) is 5. The summed E-state index contributed by atoms with van der Waals surface area (Å²) in [6, 6.07) is 14.0. The summed E-state index contributed by atoms with van der Waals surface area (Å²) in [5.74, 6) is 2.57. The maximum atomic E-state index is 5.93. The molecule has 0 aliphatic heterocycles. The first kappa shape index (κ1) is 27.8. The lowest BCUT2D eigenvalue weighted by Crippen LogP contribution is -2.38. The number of aliphatic imine (C=N–C) groups is 1. The predicted molar refractivity (Wildman–Crippen MR) is 140 cm³/mol. The molecule has 0 spiro atoms. The second-order valence-electron chi connectivity index (χ2n) is 6.89. The molecule has 8 heteroatoms. The zero-order valence-electron chi connectivity index (χ0n) is 19.6. The van der Waals surface area contributed by atoms with Gasteiger partial charge >= 0.3 is 0 Å². The zero-order chi connectivity index (χ0) is 22.5. The molecule has 2 N–H and O–H groups in total. The summed E-state index contributed by atoms with van der Waals surface area (Å²) < 4.78 is 22.3. The molecular weight excluding hydrogens is 521 g/mol. The summed E-state index contributed by atoms with van der Waals surface area (Å²) >= 11 is 0. The Morgan fingerprint density at radius 1 is 0.938 bits per heavy atom. The second-order valence-corrected chi connectivity index (χ2v) is 6.89. The highest BCUT2D eigenvalue weighted by Crippen LogP contribution is 2.39. The van der Waals surface area contributed by atoms with Crippen molar-refractivity contribution < 1.29 is 18.9 Å².